The van der Waals surface area contributed by atoms with Crippen LogP contribution in [0.15, 0.2) is 18.2 Å². The van der Waals surface area contributed by atoms with Crippen molar-refractivity contribution in [1.82, 2.24) is 4.98 Å². The summed E-state index contributed by atoms with van der Waals surface area (Å²) >= 11 is 2.60. The molecule has 0 aliphatic rings. The first kappa shape index (κ1) is 18.5. The molecule has 1 aromatic heterocycles. The Bertz CT molecular complexity index is 1080. The van der Waals surface area contributed by atoms with Gasteiger partial charge in [0.15, 0.2) is 16.6 Å². The quantitative estimate of drug-likeness (QED) is 0.481. The Morgan fingerprint density at radius 3 is 2.58 bits per heavy atom. The van der Waals surface area contributed by atoms with Gasteiger partial charge < -0.3 is 16.2 Å². The molecule has 0 fully saturated rings. The largest absolute Gasteiger partial charge is 0.478 e. The number of hydrogen-bond donors (Lipinski definition) is 3. The lowest BCUT2D eigenvalue weighted by atomic mass is 10.1. The lowest BCUT2D eigenvalue weighted by Crippen LogP contribution is -2.11. The summed E-state index contributed by atoms with van der Waals surface area (Å²) in [5.41, 5.74) is 4.78. The molecule has 0 aliphatic heterocycles. The van der Waals surface area contributed by atoms with E-state index in [0.29, 0.717) is 22.6 Å². The summed E-state index contributed by atoms with van der Waals surface area (Å²) in [7, 11) is 0. The Morgan fingerprint density at radius 2 is 2.00 bits per heavy atom. The molecular weight excluding hydrogens is 479 g/mol. The number of anilines is 2. The van der Waals surface area contributed by atoms with Crippen LogP contribution in [-0.2, 0) is 0 Å². The number of nitrogens with zero attached hydrogens (tertiary/aromatic N) is 1. The number of aryl methyl sites for hydroxylation is 1. The van der Waals surface area contributed by atoms with E-state index < -0.39 is 34.8 Å². The fourth-order valence-electron chi connectivity index (χ4n) is 2.41. The summed E-state index contributed by atoms with van der Waals surface area (Å²) in [5.74, 6) is -5.13. The second kappa shape index (κ2) is 6.76. The Hall–Kier alpha value is -2.34. The van der Waals surface area contributed by atoms with Crippen LogP contribution in [0.25, 0.3) is 10.2 Å². The Balaban J connectivity index is 2.30. The minimum Gasteiger partial charge on any atom is -0.478 e. The molecular formula is C16H10F2IN3O3S. The molecule has 10 heteroatoms. The average molecular weight is 489 g/mol. The Kier molecular flexibility index (Phi) is 4.80. The number of aromatic carboxylic acids is 1. The zero-order valence-corrected chi connectivity index (χ0v) is 16.0. The van der Waals surface area contributed by atoms with Gasteiger partial charge in [0.1, 0.15) is 11.1 Å². The molecule has 0 atom stereocenters. The van der Waals surface area contributed by atoms with Gasteiger partial charge in [0.2, 0.25) is 0 Å². The Labute approximate surface area is 163 Å². The summed E-state index contributed by atoms with van der Waals surface area (Å²) in [5, 5.41) is 11.9. The molecule has 4 N–H and O–H groups in total. The summed E-state index contributed by atoms with van der Waals surface area (Å²) in [6, 6.07) is 5.15. The molecule has 2 aromatic carbocycles. The number of carbonyl (C=O) groups excluding carboxylic acids is 1. The molecule has 3 aromatic rings. The SMILES string of the molecule is Cc1cc(I)ccc1Nc1c(F)c(F)c2sc(C(N)=O)nc2c1C(=O)O. The molecule has 134 valence electrons. The van der Waals surface area contributed by atoms with Gasteiger partial charge in [0, 0.05) is 9.26 Å². The number of primary amides is 1. The smallest absolute Gasteiger partial charge is 0.340 e. The number of aromatic nitrogens is 1. The minimum absolute atomic E-state index is 0.302. The second-order valence-electron chi connectivity index (χ2n) is 5.33. The number of halogens is 3. The fraction of sp³-hybridized carbons (Fsp3) is 0.0625. The maximum absolute atomic E-state index is 14.6. The molecule has 0 spiro atoms. The van der Waals surface area contributed by atoms with E-state index in [1.165, 1.54) is 0 Å². The van der Waals surface area contributed by atoms with Crippen LogP contribution < -0.4 is 11.1 Å². The number of nitrogens with one attached hydrogen (secondary N) is 1. The lowest BCUT2D eigenvalue weighted by Gasteiger charge is -2.14. The number of benzene rings is 2. The van der Waals surface area contributed by atoms with Crippen LogP contribution in [0.4, 0.5) is 20.2 Å². The van der Waals surface area contributed by atoms with Gasteiger partial charge in [0.25, 0.3) is 5.91 Å². The highest BCUT2D eigenvalue weighted by Crippen LogP contribution is 2.37. The zero-order chi connectivity index (χ0) is 19.2. The van der Waals surface area contributed by atoms with E-state index in [4.69, 9.17) is 5.73 Å². The number of carboxylic acid groups (broad SMARTS) is 1. The number of thiazole rings is 1. The maximum Gasteiger partial charge on any atom is 0.340 e. The molecule has 0 saturated heterocycles. The number of fused-ring (bicyclic) bond motifs is 1. The van der Waals surface area contributed by atoms with Crippen LogP contribution in [0.5, 0.6) is 0 Å². The van der Waals surface area contributed by atoms with Crippen molar-refractivity contribution in [1.29, 1.82) is 0 Å². The molecule has 0 aliphatic carbocycles. The van der Waals surface area contributed by atoms with Crippen LogP contribution >= 0.6 is 33.9 Å². The first-order valence-corrected chi connectivity index (χ1v) is 8.98. The summed E-state index contributed by atoms with van der Waals surface area (Å²) in [6.07, 6.45) is 0. The Morgan fingerprint density at radius 1 is 1.31 bits per heavy atom. The maximum atomic E-state index is 14.6. The van der Waals surface area contributed by atoms with Gasteiger partial charge in [-0.1, -0.05) is 0 Å². The van der Waals surface area contributed by atoms with Crippen molar-refractivity contribution in [2.75, 3.05) is 5.32 Å². The summed E-state index contributed by atoms with van der Waals surface area (Å²) in [6.45, 7) is 1.74. The number of amides is 1. The van der Waals surface area contributed by atoms with E-state index in [0.717, 1.165) is 3.57 Å². The van der Waals surface area contributed by atoms with E-state index in [1.807, 2.05) is 0 Å². The molecule has 0 unspecified atom stereocenters. The molecule has 0 bridgehead atoms. The molecule has 3 rings (SSSR count). The minimum atomic E-state index is -1.51. The highest BCUT2D eigenvalue weighted by Gasteiger charge is 2.28. The molecule has 1 heterocycles. The van der Waals surface area contributed by atoms with Crippen molar-refractivity contribution >= 4 is 67.4 Å². The van der Waals surface area contributed by atoms with Crippen molar-refractivity contribution in [3.63, 3.8) is 0 Å². The second-order valence-corrected chi connectivity index (χ2v) is 7.57. The third-order valence-electron chi connectivity index (χ3n) is 3.60. The van der Waals surface area contributed by atoms with Gasteiger partial charge in [-0.2, -0.15) is 0 Å². The number of nitrogens with two attached hydrogens (primary N) is 1. The third kappa shape index (κ3) is 3.09. The topological polar surface area (TPSA) is 105 Å². The first-order valence-electron chi connectivity index (χ1n) is 7.08. The predicted octanol–water partition coefficient (Wildman–Crippen LogP) is 4.03. The van der Waals surface area contributed by atoms with Crippen molar-refractivity contribution in [3.05, 3.63) is 49.5 Å². The van der Waals surface area contributed by atoms with Gasteiger partial charge in [-0.3, -0.25) is 4.79 Å². The van der Waals surface area contributed by atoms with Crippen molar-refractivity contribution in [2.45, 2.75) is 6.92 Å². The van der Waals surface area contributed by atoms with Crippen LogP contribution in [0.1, 0.15) is 25.7 Å². The molecule has 26 heavy (non-hydrogen) atoms. The van der Waals surface area contributed by atoms with E-state index in [2.05, 4.69) is 32.9 Å². The lowest BCUT2D eigenvalue weighted by molar-refractivity contribution is 0.0699. The first-order chi connectivity index (χ1) is 12.2. The predicted molar refractivity (Wildman–Crippen MR) is 102 cm³/mol. The standard InChI is InChI=1S/C16H10F2IN3O3S/c1-5-4-6(19)2-3-7(5)21-11-8(16(24)25)12-13(10(18)9(11)17)26-15(22-12)14(20)23/h2-4,21H,1H3,(H2,20,23)(H,24,25). The van der Waals surface area contributed by atoms with Gasteiger partial charge in [-0.15, -0.1) is 11.3 Å². The number of carboxylic acids is 1. The fourth-order valence-corrected chi connectivity index (χ4v) is 3.91. The number of hydrogen-bond acceptors (Lipinski definition) is 5. The van der Waals surface area contributed by atoms with E-state index in [1.54, 1.807) is 25.1 Å². The third-order valence-corrected chi connectivity index (χ3v) is 5.33. The van der Waals surface area contributed by atoms with Crippen LogP contribution in [0.3, 0.4) is 0 Å². The van der Waals surface area contributed by atoms with Crippen LogP contribution in [-0.4, -0.2) is 22.0 Å². The number of rotatable bonds is 4. The van der Waals surface area contributed by atoms with Crippen LogP contribution in [0, 0.1) is 22.1 Å². The molecule has 6 nitrogen and oxygen atoms in total. The monoisotopic (exact) mass is 489 g/mol. The van der Waals surface area contributed by atoms with E-state index in [-0.39, 0.29) is 15.2 Å². The van der Waals surface area contributed by atoms with Gasteiger partial charge >= 0.3 is 5.97 Å². The number of carbonyl (C=O) groups is 2. The van der Waals surface area contributed by atoms with E-state index >= 15 is 0 Å². The van der Waals surface area contributed by atoms with Gasteiger partial charge in [-0.05, 0) is 53.3 Å². The van der Waals surface area contributed by atoms with Crippen molar-refractivity contribution < 1.29 is 23.5 Å². The van der Waals surface area contributed by atoms with Crippen molar-refractivity contribution in [3.8, 4) is 0 Å². The highest BCUT2D eigenvalue weighted by atomic mass is 127. The summed E-state index contributed by atoms with van der Waals surface area (Å²) < 4.78 is 29.6. The zero-order valence-electron chi connectivity index (χ0n) is 13.1. The molecule has 1 amide bonds. The van der Waals surface area contributed by atoms with Gasteiger partial charge in [-0.25, -0.2) is 18.6 Å². The van der Waals surface area contributed by atoms with Crippen LogP contribution in [0.2, 0.25) is 0 Å². The normalized spacial score (nSPS) is 10.9. The molecule has 0 saturated carbocycles. The van der Waals surface area contributed by atoms with E-state index in [9.17, 15) is 23.5 Å². The summed E-state index contributed by atoms with van der Waals surface area (Å²) in [4.78, 5) is 26.8. The molecule has 0 radical (unpaired) electrons. The van der Waals surface area contributed by atoms with Crippen molar-refractivity contribution in [2.24, 2.45) is 5.73 Å². The average Bonchev–Trinajstić information content (AvgIpc) is 2.99. The highest BCUT2D eigenvalue weighted by molar-refractivity contribution is 14.1. The van der Waals surface area contributed by atoms with Gasteiger partial charge in [0.05, 0.1) is 10.4 Å².